The summed E-state index contributed by atoms with van der Waals surface area (Å²) in [5, 5.41) is 6.16. The third kappa shape index (κ3) is 4.22. The first-order chi connectivity index (χ1) is 18.0. The van der Waals surface area contributed by atoms with Gasteiger partial charge in [-0.1, -0.05) is 37.5 Å². The molecule has 1 aliphatic carbocycles. The number of hydrogen-bond acceptors (Lipinski definition) is 6. The summed E-state index contributed by atoms with van der Waals surface area (Å²) in [7, 11) is 1.57. The van der Waals surface area contributed by atoms with Crippen LogP contribution in [-0.4, -0.2) is 72.8 Å². The molecule has 9 nitrogen and oxygen atoms in total. The van der Waals surface area contributed by atoms with Crippen molar-refractivity contribution in [3.63, 3.8) is 0 Å². The van der Waals surface area contributed by atoms with Crippen molar-refractivity contribution in [3.05, 3.63) is 36.4 Å². The molecule has 2 N–H and O–H groups in total. The normalized spacial score (nSPS) is 34.6. The topological polar surface area (TPSA) is 106 Å². The maximum absolute atomic E-state index is 14.0. The molecule has 0 aromatic heterocycles. The van der Waals surface area contributed by atoms with Crippen LogP contribution < -0.4 is 15.4 Å². The Hall–Kier alpha value is -2.91. The summed E-state index contributed by atoms with van der Waals surface area (Å²) in [6.07, 6.45) is 10.1. The van der Waals surface area contributed by atoms with E-state index in [2.05, 4.69) is 10.6 Å². The number of methoxy groups -OCH3 is 1. The number of amides is 3. The number of benzene rings is 1. The molecule has 0 unspecified atom stereocenters. The second kappa shape index (κ2) is 9.76. The highest BCUT2D eigenvalue weighted by molar-refractivity contribution is 6.02. The van der Waals surface area contributed by atoms with Crippen molar-refractivity contribution in [1.82, 2.24) is 10.2 Å². The molecule has 4 aliphatic heterocycles. The standard InChI is InChI=1S/C28H35N3O6/c1-35-19-10-5-9-18(15-19)30-25(32)22-21-12-13-28(37-21)23(22)27(34)31(16-20-11-6-14-36-20)24(28)26(33)29-17-7-3-2-4-8-17/h5,9-10,12-13,15,17,20-24H,2-4,6-8,11,14,16H2,1H3,(H,29,33)(H,30,32)/t20-,21+,22-,23+,24-,28+/m1/s1. The zero-order valence-electron chi connectivity index (χ0n) is 21.2. The first kappa shape index (κ1) is 24.4. The molecule has 1 spiro atoms. The van der Waals surface area contributed by atoms with Gasteiger partial charge in [-0.15, -0.1) is 0 Å². The van der Waals surface area contributed by atoms with Crippen LogP contribution in [-0.2, 0) is 23.9 Å². The van der Waals surface area contributed by atoms with Crippen molar-refractivity contribution in [1.29, 1.82) is 0 Å². The molecule has 1 saturated carbocycles. The van der Waals surface area contributed by atoms with E-state index in [-0.39, 0.29) is 29.9 Å². The largest absolute Gasteiger partial charge is 0.497 e. The predicted molar refractivity (Wildman–Crippen MR) is 135 cm³/mol. The van der Waals surface area contributed by atoms with E-state index in [1.165, 1.54) is 6.42 Å². The minimum atomic E-state index is -1.16. The number of anilines is 1. The maximum Gasteiger partial charge on any atom is 0.246 e. The molecule has 6 rings (SSSR count). The third-order valence-electron chi connectivity index (χ3n) is 8.64. The average Bonchev–Trinajstić information content (AvgIpc) is 3.68. The second-order valence-corrected chi connectivity index (χ2v) is 10.9. The lowest BCUT2D eigenvalue weighted by molar-refractivity contribution is -0.143. The van der Waals surface area contributed by atoms with Crippen LogP contribution in [0.2, 0.25) is 0 Å². The van der Waals surface area contributed by atoms with Crippen molar-refractivity contribution >= 4 is 23.4 Å². The molecule has 9 heteroatoms. The molecular weight excluding hydrogens is 474 g/mol. The number of rotatable bonds is 7. The molecule has 3 saturated heterocycles. The Balaban J connectivity index is 1.29. The van der Waals surface area contributed by atoms with Crippen LogP contribution in [0, 0.1) is 11.8 Å². The number of carbonyl (C=O) groups is 3. The van der Waals surface area contributed by atoms with Gasteiger partial charge in [0.05, 0.1) is 31.2 Å². The zero-order chi connectivity index (χ0) is 25.6. The van der Waals surface area contributed by atoms with Crippen LogP contribution in [0.1, 0.15) is 44.9 Å². The van der Waals surface area contributed by atoms with Gasteiger partial charge in [-0.3, -0.25) is 14.4 Å². The van der Waals surface area contributed by atoms with Crippen molar-refractivity contribution in [3.8, 4) is 5.75 Å². The van der Waals surface area contributed by atoms with E-state index in [0.29, 0.717) is 24.6 Å². The fourth-order valence-electron chi connectivity index (χ4n) is 6.93. The first-order valence-electron chi connectivity index (χ1n) is 13.5. The van der Waals surface area contributed by atoms with Gasteiger partial charge in [-0.25, -0.2) is 0 Å². The van der Waals surface area contributed by atoms with E-state index >= 15 is 0 Å². The minimum Gasteiger partial charge on any atom is -0.497 e. The lowest BCUT2D eigenvalue weighted by Gasteiger charge is -2.34. The van der Waals surface area contributed by atoms with Crippen LogP contribution in [0.4, 0.5) is 5.69 Å². The highest BCUT2D eigenvalue weighted by atomic mass is 16.5. The van der Waals surface area contributed by atoms with E-state index in [1.54, 1.807) is 36.3 Å². The Morgan fingerprint density at radius 2 is 1.97 bits per heavy atom. The lowest BCUT2D eigenvalue weighted by atomic mass is 9.74. The molecule has 4 heterocycles. The lowest BCUT2D eigenvalue weighted by Crippen LogP contribution is -2.57. The van der Waals surface area contributed by atoms with E-state index < -0.39 is 29.6 Å². The number of ether oxygens (including phenoxy) is 3. The first-order valence-corrected chi connectivity index (χ1v) is 13.5. The Bertz CT molecular complexity index is 1100. The molecular formula is C28H35N3O6. The van der Waals surface area contributed by atoms with Crippen LogP contribution in [0.25, 0.3) is 0 Å². The zero-order valence-corrected chi connectivity index (χ0v) is 21.2. The van der Waals surface area contributed by atoms with Crippen molar-refractivity contribution in [2.75, 3.05) is 25.6 Å². The molecule has 3 amide bonds. The summed E-state index contributed by atoms with van der Waals surface area (Å²) < 4.78 is 17.5. The maximum atomic E-state index is 14.0. The molecule has 5 aliphatic rings. The number of carbonyl (C=O) groups excluding carboxylic acids is 3. The number of hydrogen-bond donors (Lipinski definition) is 2. The Labute approximate surface area is 216 Å². The fraction of sp³-hybridized carbons (Fsp3) is 0.607. The smallest absolute Gasteiger partial charge is 0.246 e. The third-order valence-corrected chi connectivity index (χ3v) is 8.64. The molecule has 1 aromatic carbocycles. The summed E-state index contributed by atoms with van der Waals surface area (Å²) >= 11 is 0. The van der Waals surface area contributed by atoms with Gasteiger partial charge in [-0.2, -0.15) is 0 Å². The minimum absolute atomic E-state index is 0.103. The fourth-order valence-corrected chi connectivity index (χ4v) is 6.93. The van der Waals surface area contributed by atoms with Gasteiger partial charge < -0.3 is 29.7 Å². The average molecular weight is 510 g/mol. The van der Waals surface area contributed by atoms with E-state index in [0.717, 1.165) is 38.5 Å². The Kier molecular flexibility index (Phi) is 6.44. The summed E-state index contributed by atoms with van der Waals surface area (Å²) in [5.74, 6) is -1.58. The Morgan fingerprint density at radius 3 is 2.73 bits per heavy atom. The number of fused-ring (bicyclic) bond motifs is 1. The van der Waals surface area contributed by atoms with Crippen LogP contribution in [0.3, 0.4) is 0 Å². The van der Waals surface area contributed by atoms with Gasteiger partial charge in [0.1, 0.15) is 17.4 Å². The number of nitrogens with one attached hydrogen (secondary N) is 2. The van der Waals surface area contributed by atoms with Crippen LogP contribution >= 0.6 is 0 Å². The quantitative estimate of drug-likeness (QED) is 0.547. The molecule has 0 radical (unpaired) electrons. The van der Waals surface area contributed by atoms with E-state index in [1.807, 2.05) is 12.2 Å². The molecule has 198 valence electrons. The van der Waals surface area contributed by atoms with Crippen molar-refractivity contribution in [2.24, 2.45) is 11.8 Å². The monoisotopic (exact) mass is 509 g/mol. The van der Waals surface area contributed by atoms with Crippen LogP contribution in [0.5, 0.6) is 5.75 Å². The molecule has 6 atom stereocenters. The van der Waals surface area contributed by atoms with Gasteiger partial charge in [0.2, 0.25) is 17.7 Å². The van der Waals surface area contributed by atoms with Crippen LogP contribution in [0.15, 0.2) is 36.4 Å². The molecule has 4 fully saturated rings. The molecule has 1 aromatic rings. The summed E-state index contributed by atoms with van der Waals surface area (Å²) in [6, 6.07) is 6.38. The van der Waals surface area contributed by atoms with E-state index in [4.69, 9.17) is 14.2 Å². The second-order valence-electron chi connectivity index (χ2n) is 10.9. The van der Waals surface area contributed by atoms with E-state index in [9.17, 15) is 14.4 Å². The number of likely N-dealkylation sites (tertiary alicyclic amines) is 1. The highest BCUT2D eigenvalue weighted by Gasteiger charge is 2.73. The molecule has 37 heavy (non-hydrogen) atoms. The van der Waals surface area contributed by atoms with Crippen molar-refractivity contribution in [2.45, 2.75) is 74.8 Å². The summed E-state index contributed by atoms with van der Waals surface area (Å²) in [5.41, 5.74) is -0.575. The van der Waals surface area contributed by atoms with Gasteiger partial charge in [0, 0.05) is 30.9 Å². The van der Waals surface area contributed by atoms with Gasteiger partial charge in [0.15, 0.2) is 0 Å². The predicted octanol–water partition coefficient (Wildman–Crippen LogP) is 2.41. The number of nitrogens with zero attached hydrogens (tertiary/aromatic N) is 1. The van der Waals surface area contributed by atoms with Gasteiger partial charge in [0.25, 0.3) is 0 Å². The van der Waals surface area contributed by atoms with Crippen molar-refractivity contribution < 1.29 is 28.6 Å². The highest BCUT2D eigenvalue weighted by Crippen LogP contribution is 2.55. The SMILES string of the molecule is COc1cccc(NC(=O)[C@@H]2[C@@H]3C=C[C@]4(O3)[C@@H]2C(=O)N(C[C@H]2CCCO2)[C@@H]4C(=O)NC2CCCCC2)c1. The van der Waals surface area contributed by atoms with Gasteiger partial charge in [-0.05, 0) is 37.8 Å². The Morgan fingerprint density at radius 1 is 1.14 bits per heavy atom. The van der Waals surface area contributed by atoms with Gasteiger partial charge >= 0.3 is 0 Å². The summed E-state index contributed by atoms with van der Waals surface area (Å²) in [6.45, 7) is 0.982. The molecule has 2 bridgehead atoms. The summed E-state index contributed by atoms with van der Waals surface area (Å²) in [4.78, 5) is 43.1.